The molecule has 0 aliphatic rings. The van der Waals surface area contributed by atoms with Crippen molar-refractivity contribution in [3.8, 4) is 0 Å². The molecule has 0 saturated carbocycles. The minimum Gasteiger partial charge on any atom is -0.383 e. The van der Waals surface area contributed by atoms with E-state index in [1.165, 1.54) is 11.7 Å². The number of nitrogens with zero attached hydrogens (tertiary/aromatic N) is 2. The highest BCUT2D eigenvalue weighted by atomic mass is 16.5. The summed E-state index contributed by atoms with van der Waals surface area (Å²) in [6, 6.07) is 0. The molecule has 0 fully saturated rings. The Balaban J connectivity index is 2.90. The highest BCUT2D eigenvalue weighted by Gasteiger charge is 2.11. The number of rotatable bonds is 8. The monoisotopic (exact) mass is 285 g/mol. The van der Waals surface area contributed by atoms with Gasteiger partial charge in [-0.05, 0) is 13.6 Å². The van der Waals surface area contributed by atoms with E-state index < -0.39 is 11.2 Å². The molecule has 0 bridgehead atoms. The second kappa shape index (κ2) is 7.71. The van der Waals surface area contributed by atoms with Crippen LogP contribution >= 0.6 is 0 Å². The highest BCUT2D eigenvalue weighted by Crippen LogP contribution is 2.09. The number of hydrogen-bond acceptors (Lipinski definition) is 6. The number of ether oxygens (including phenoxy) is 1. The number of hydrogen-bond donors (Lipinski definition) is 3. The van der Waals surface area contributed by atoms with E-state index in [4.69, 9.17) is 10.5 Å². The average Bonchev–Trinajstić information content (AvgIpc) is 2.41. The summed E-state index contributed by atoms with van der Waals surface area (Å²) in [4.78, 5) is 27.8. The Hall–Kier alpha value is -1.80. The van der Waals surface area contributed by atoms with Crippen LogP contribution in [-0.2, 0) is 11.3 Å². The van der Waals surface area contributed by atoms with Crippen molar-refractivity contribution in [2.75, 3.05) is 51.4 Å². The predicted octanol–water partition coefficient (Wildman–Crippen LogP) is -0.871. The molecule has 114 valence electrons. The van der Waals surface area contributed by atoms with E-state index in [2.05, 4.69) is 15.2 Å². The maximum absolute atomic E-state index is 11.8. The van der Waals surface area contributed by atoms with Gasteiger partial charge in [-0.1, -0.05) is 6.92 Å². The van der Waals surface area contributed by atoms with Crippen molar-refractivity contribution >= 4 is 11.5 Å². The van der Waals surface area contributed by atoms with E-state index in [9.17, 15) is 9.59 Å². The van der Waals surface area contributed by atoms with Crippen LogP contribution in [0.1, 0.15) is 6.92 Å². The lowest BCUT2D eigenvalue weighted by molar-refractivity contribution is 0.186. The molecule has 0 atom stereocenters. The van der Waals surface area contributed by atoms with Crippen LogP contribution in [0, 0.1) is 0 Å². The molecule has 1 rings (SSSR count). The molecule has 1 heterocycles. The van der Waals surface area contributed by atoms with Gasteiger partial charge < -0.3 is 20.7 Å². The summed E-state index contributed by atoms with van der Waals surface area (Å²) in [6.07, 6.45) is 0. The third-order valence-corrected chi connectivity index (χ3v) is 3.09. The Morgan fingerprint density at radius 3 is 2.75 bits per heavy atom. The zero-order chi connectivity index (χ0) is 15.1. The minimum atomic E-state index is -0.527. The summed E-state index contributed by atoms with van der Waals surface area (Å²) < 4.78 is 6.21. The number of H-pyrrole nitrogens is 1. The van der Waals surface area contributed by atoms with Gasteiger partial charge in [0.1, 0.15) is 11.5 Å². The van der Waals surface area contributed by atoms with Crippen LogP contribution in [0.5, 0.6) is 0 Å². The van der Waals surface area contributed by atoms with Crippen molar-refractivity contribution < 1.29 is 4.74 Å². The van der Waals surface area contributed by atoms with Crippen LogP contribution in [0.4, 0.5) is 11.5 Å². The first-order valence-electron chi connectivity index (χ1n) is 6.55. The Labute approximate surface area is 117 Å². The van der Waals surface area contributed by atoms with Crippen LogP contribution in [0.25, 0.3) is 0 Å². The molecule has 0 radical (unpaired) electrons. The lowest BCUT2D eigenvalue weighted by Gasteiger charge is -2.16. The number of likely N-dealkylation sites (N-methyl/N-ethyl adjacent to an activating group) is 1. The first-order valence-corrected chi connectivity index (χ1v) is 6.55. The topological polar surface area (TPSA) is 105 Å². The number of nitrogens with two attached hydrogens (primary N) is 1. The summed E-state index contributed by atoms with van der Waals surface area (Å²) in [5, 5.41) is 2.98. The standard InChI is InChI=1S/C12H23N5O3/c1-4-16(2)6-5-14-9-10(13)17(7-8-20-3)12(19)15-11(9)18/h14H,4-8,13H2,1-3H3,(H,15,18,19). The summed E-state index contributed by atoms with van der Waals surface area (Å²) in [7, 11) is 3.52. The number of nitrogen functional groups attached to an aromatic ring is 1. The number of nitrogens with one attached hydrogen (secondary N) is 2. The lowest BCUT2D eigenvalue weighted by Crippen LogP contribution is -2.36. The van der Waals surface area contributed by atoms with Gasteiger partial charge >= 0.3 is 5.69 Å². The van der Waals surface area contributed by atoms with Crippen LogP contribution < -0.4 is 22.3 Å². The fourth-order valence-electron chi connectivity index (χ4n) is 1.69. The first-order chi connectivity index (χ1) is 9.51. The Kier molecular flexibility index (Phi) is 6.26. The van der Waals surface area contributed by atoms with Gasteiger partial charge in [-0.15, -0.1) is 0 Å². The predicted molar refractivity (Wildman–Crippen MR) is 79.3 cm³/mol. The zero-order valence-electron chi connectivity index (χ0n) is 12.2. The smallest absolute Gasteiger partial charge is 0.330 e. The number of aromatic amines is 1. The number of anilines is 2. The second-order valence-electron chi connectivity index (χ2n) is 4.49. The molecule has 1 aromatic heterocycles. The van der Waals surface area contributed by atoms with Gasteiger partial charge in [0.25, 0.3) is 5.56 Å². The van der Waals surface area contributed by atoms with Gasteiger partial charge in [-0.2, -0.15) is 0 Å². The van der Waals surface area contributed by atoms with E-state index in [1.54, 1.807) is 0 Å². The van der Waals surface area contributed by atoms with Crippen molar-refractivity contribution in [1.82, 2.24) is 14.5 Å². The summed E-state index contributed by atoms with van der Waals surface area (Å²) in [6.45, 7) is 4.94. The van der Waals surface area contributed by atoms with Gasteiger partial charge in [0.2, 0.25) is 0 Å². The van der Waals surface area contributed by atoms with Gasteiger partial charge in [-0.3, -0.25) is 14.3 Å². The summed E-state index contributed by atoms with van der Waals surface area (Å²) in [5.41, 5.74) is 5.09. The third kappa shape index (κ3) is 4.10. The average molecular weight is 285 g/mol. The summed E-state index contributed by atoms with van der Waals surface area (Å²) in [5.74, 6) is 0.134. The molecule has 0 saturated heterocycles. The van der Waals surface area contributed by atoms with E-state index in [0.29, 0.717) is 19.7 Å². The van der Waals surface area contributed by atoms with Crippen molar-refractivity contribution in [2.45, 2.75) is 13.5 Å². The molecule has 0 spiro atoms. The van der Waals surface area contributed by atoms with Crippen molar-refractivity contribution in [1.29, 1.82) is 0 Å². The Morgan fingerprint density at radius 1 is 1.45 bits per heavy atom. The van der Waals surface area contributed by atoms with Crippen LogP contribution in [0.15, 0.2) is 9.59 Å². The normalized spacial score (nSPS) is 11.0. The molecular weight excluding hydrogens is 262 g/mol. The lowest BCUT2D eigenvalue weighted by atomic mass is 10.4. The van der Waals surface area contributed by atoms with Gasteiger partial charge in [0.05, 0.1) is 13.2 Å². The molecule has 1 aromatic rings. The van der Waals surface area contributed by atoms with Gasteiger partial charge in [-0.25, -0.2) is 4.79 Å². The van der Waals surface area contributed by atoms with Crippen molar-refractivity contribution in [3.63, 3.8) is 0 Å². The molecule has 0 unspecified atom stereocenters. The molecule has 8 nitrogen and oxygen atoms in total. The zero-order valence-corrected chi connectivity index (χ0v) is 12.2. The minimum absolute atomic E-state index is 0.134. The van der Waals surface area contributed by atoms with E-state index in [0.717, 1.165) is 13.1 Å². The molecule has 8 heteroatoms. The first kappa shape index (κ1) is 16.3. The molecule has 20 heavy (non-hydrogen) atoms. The van der Waals surface area contributed by atoms with Crippen LogP contribution in [0.3, 0.4) is 0 Å². The summed E-state index contributed by atoms with van der Waals surface area (Å²) >= 11 is 0. The quantitative estimate of drug-likeness (QED) is 0.573. The van der Waals surface area contributed by atoms with Crippen molar-refractivity contribution in [2.24, 2.45) is 0 Å². The van der Waals surface area contributed by atoms with Crippen LogP contribution in [-0.4, -0.2) is 54.8 Å². The molecule has 0 amide bonds. The largest absolute Gasteiger partial charge is 0.383 e. The Morgan fingerprint density at radius 2 is 2.15 bits per heavy atom. The highest BCUT2D eigenvalue weighted by molar-refractivity contribution is 5.60. The Bertz CT molecular complexity index is 537. The maximum atomic E-state index is 11.8. The van der Waals surface area contributed by atoms with E-state index in [-0.39, 0.29) is 11.5 Å². The fraction of sp³-hybridized carbons (Fsp3) is 0.667. The molecule has 4 N–H and O–H groups in total. The third-order valence-electron chi connectivity index (χ3n) is 3.09. The molecule has 0 aromatic carbocycles. The number of aromatic nitrogens is 2. The second-order valence-corrected chi connectivity index (χ2v) is 4.49. The maximum Gasteiger partial charge on any atom is 0.330 e. The fourth-order valence-corrected chi connectivity index (χ4v) is 1.69. The van der Waals surface area contributed by atoms with E-state index >= 15 is 0 Å². The molecular formula is C12H23N5O3. The number of methoxy groups -OCH3 is 1. The van der Waals surface area contributed by atoms with Gasteiger partial charge in [0, 0.05) is 20.2 Å². The van der Waals surface area contributed by atoms with E-state index in [1.807, 2.05) is 14.0 Å². The molecule has 0 aliphatic heterocycles. The van der Waals surface area contributed by atoms with Crippen LogP contribution in [0.2, 0.25) is 0 Å². The van der Waals surface area contributed by atoms with Crippen molar-refractivity contribution in [3.05, 3.63) is 20.8 Å². The van der Waals surface area contributed by atoms with Gasteiger partial charge in [0.15, 0.2) is 0 Å². The molecule has 0 aliphatic carbocycles. The SMILES string of the molecule is CCN(C)CCNc1c(N)n(CCOC)c(=O)[nH]c1=O.